The Balaban J connectivity index is 0.914. The van der Waals surface area contributed by atoms with Gasteiger partial charge >= 0.3 is 0 Å². The summed E-state index contributed by atoms with van der Waals surface area (Å²) in [5.41, 5.74) is 23.1. The summed E-state index contributed by atoms with van der Waals surface area (Å²) >= 11 is 0. The van der Waals surface area contributed by atoms with Crippen LogP contribution in [0, 0.1) is 29.1 Å². The minimum atomic E-state index is 0.130. The number of aromatic nitrogens is 1. The van der Waals surface area contributed by atoms with Crippen LogP contribution in [-0.4, -0.2) is 4.57 Å². The molecule has 6 aliphatic carbocycles. The molecule has 0 amide bonds. The SMILES string of the molecule is c1ccc(-n2c3ccccc3c3c(-c4ccccc4N(c4ccccc4-c4ccc5c(c4)C4(c6ccccc6-5)C5CC6CC7CC4C675)c4ccccc4-c4cccc5cccc(C6CCCCC6)c45)cccc32)cc1. The number of hydrogen-bond donors (Lipinski definition) is 0. The molecular weight excluding hydrogens is 905 g/mol. The summed E-state index contributed by atoms with van der Waals surface area (Å²) in [7, 11) is 0. The van der Waals surface area contributed by atoms with Crippen LogP contribution in [-0.2, 0) is 5.41 Å². The summed E-state index contributed by atoms with van der Waals surface area (Å²) in [5.74, 6) is 4.03. The van der Waals surface area contributed by atoms with Crippen molar-refractivity contribution in [2.24, 2.45) is 29.1 Å². The van der Waals surface area contributed by atoms with E-state index >= 15 is 0 Å². The fraction of sp³-hybridized carbons (Fsp3) is 0.205. The van der Waals surface area contributed by atoms with Crippen molar-refractivity contribution in [3.63, 3.8) is 0 Å². The Bertz CT molecular complexity index is 4120. The van der Waals surface area contributed by atoms with Gasteiger partial charge in [0.15, 0.2) is 0 Å². The summed E-state index contributed by atoms with van der Waals surface area (Å²) in [5, 5.41) is 5.25. The van der Waals surface area contributed by atoms with E-state index in [-0.39, 0.29) is 5.41 Å². The van der Waals surface area contributed by atoms with Gasteiger partial charge in [0.25, 0.3) is 0 Å². The maximum Gasteiger partial charge on any atom is 0.0547 e. The summed E-state index contributed by atoms with van der Waals surface area (Å²) in [6.07, 6.45) is 10.7. The summed E-state index contributed by atoms with van der Waals surface area (Å²) in [4.78, 5) is 2.65. The molecule has 0 N–H and O–H groups in total. The molecule has 5 saturated carbocycles. The molecule has 0 aliphatic heterocycles. The molecule has 5 fully saturated rings. The predicted octanol–water partition coefficient (Wildman–Crippen LogP) is 19.4. The number of fused-ring (bicyclic) bond motifs is 11. The van der Waals surface area contributed by atoms with E-state index in [1.807, 2.05) is 0 Å². The monoisotopic (exact) mass is 962 g/mol. The second kappa shape index (κ2) is 15.8. The van der Waals surface area contributed by atoms with Gasteiger partial charge in [0.05, 0.1) is 28.1 Å². The van der Waals surface area contributed by atoms with Crippen LogP contribution in [0.3, 0.4) is 0 Å². The highest BCUT2D eigenvalue weighted by Gasteiger charge is 2.90. The average Bonchev–Trinajstić information content (AvgIpc) is 3.96. The Morgan fingerprint density at radius 1 is 0.400 bits per heavy atom. The number of benzene rings is 10. The standard InChI is InChI=1S/C73H58N2/c1-3-20-46(21-4-1)53-31-17-22-47-23-18-32-58(70(47)53)56-28-9-14-36-64(56)75(65-37-15-10-29-57(65)59-33-19-39-67-71(59)60-30-11-16-38-66(60)74(67)51-24-5-2-6-25-51)63-35-13-8-26-52(63)48-40-41-55-54-27-7-12-34-61(54)73(62(55)42-48)68-44-49-43-50-45-69(73)72(49,50)68/h2,5-19,22-42,46,49-50,68-69H,1,3-4,20-21,43-45H2. The number of anilines is 3. The summed E-state index contributed by atoms with van der Waals surface area (Å²) in [6.45, 7) is 0. The Morgan fingerprint density at radius 2 is 0.960 bits per heavy atom. The molecule has 4 unspecified atom stereocenters. The normalized spacial score (nSPS) is 23.6. The first kappa shape index (κ1) is 42.4. The Kier molecular flexibility index (Phi) is 8.93. The first-order chi connectivity index (χ1) is 37.2. The summed E-state index contributed by atoms with van der Waals surface area (Å²) < 4.78 is 2.45. The molecule has 4 atom stereocenters. The quantitative estimate of drug-likeness (QED) is 0.147. The van der Waals surface area contributed by atoms with E-state index in [1.165, 1.54) is 151 Å². The third-order valence-corrected chi connectivity index (χ3v) is 20.5. The van der Waals surface area contributed by atoms with E-state index in [0.29, 0.717) is 11.3 Å². The van der Waals surface area contributed by atoms with Crippen molar-refractivity contribution in [2.75, 3.05) is 4.90 Å². The fourth-order valence-electron chi connectivity index (χ4n) is 17.7. The van der Waals surface area contributed by atoms with Gasteiger partial charge in [-0.15, -0.1) is 0 Å². The molecule has 0 radical (unpaired) electrons. The van der Waals surface area contributed by atoms with E-state index in [0.717, 1.165) is 29.4 Å². The second-order valence-corrected chi connectivity index (χ2v) is 23.2. The van der Waals surface area contributed by atoms with Gasteiger partial charge in [-0.2, -0.15) is 0 Å². The second-order valence-electron chi connectivity index (χ2n) is 23.2. The van der Waals surface area contributed by atoms with Gasteiger partial charge in [-0.3, -0.25) is 0 Å². The van der Waals surface area contributed by atoms with Crippen molar-refractivity contribution in [3.8, 4) is 50.2 Å². The van der Waals surface area contributed by atoms with E-state index in [4.69, 9.17) is 0 Å². The molecule has 11 aromatic rings. The van der Waals surface area contributed by atoms with Crippen LogP contribution in [0.15, 0.2) is 224 Å². The highest BCUT2D eigenvalue weighted by molar-refractivity contribution is 6.17. The topological polar surface area (TPSA) is 8.17 Å². The predicted molar refractivity (Wildman–Crippen MR) is 312 cm³/mol. The van der Waals surface area contributed by atoms with Crippen LogP contribution in [0.5, 0.6) is 0 Å². The van der Waals surface area contributed by atoms with Crippen LogP contribution in [0.25, 0.3) is 82.8 Å². The largest absolute Gasteiger partial charge is 0.309 e. The average molecular weight is 963 g/mol. The summed E-state index contributed by atoms with van der Waals surface area (Å²) in [6, 6.07) is 86.0. The Hall–Kier alpha value is -7.94. The molecule has 75 heavy (non-hydrogen) atoms. The molecular formula is C73H58N2. The van der Waals surface area contributed by atoms with E-state index < -0.39 is 0 Å². The van der Waals surface area contributed by atoms with Crippen LogP contribution in [0.1, 0.15) is 74.0 Å². The lowest BCUT2D eigenvalue weighted by Crippen LogP contribution is -2.88. The van der Waals surface area contributed by atoms with Crippen molar-refractivity contribution < 1.29 is 0 Å². The van der Waals surface area contributed by atoms with Crippen LogP contribution in [0.4, 0.5) is 17.1 Å². The minimum absolute atomic E-state index is 0.130. The van der Waals surface area contributed by atoms with E-state index in [1.54, 1.807) is 11.1 Å². The highest BCUT2D eigenvalue weighted by atomic mass is 15.2. The number of hydrogen-bond acceptors (Lipinski definition) is 1. The molecule has 1 heterocycles. The van der Waals surface area contributed by atoms with Gasteiger partial charge in [-0.25, -0.2) is 0 Å². The molecule has 0 saturated heterocycles. The van der Waals surface area contributed by atoms with Crippen molar-refractivity contribution in [2.45, 2.75) is 62.7 Å². The van der Waals surface area contributed by atoms with Crippen molar-refractivity contribution in [3.05, 3.63) is 241 Å². The van der Waals surface area contributed by atoms with Crippen molar-refractivity contribution in [1.29, 1.82) is 0 Å². The third-order valence-electron chi connectivity index (χ3n) is 20.5. The maximum atomic E-state index is 2.68. The number of nitrogens with zero attached hydrogens (tertiary/aromatic N) is 2. The number of para-hydroxylation sites is 5. The molecule has 2 heteroatoms. The zero-order chi connectivity index (χ0) is 49.0. The Labute approximate surface area is 439 Å². The molecule has 17 rings (SSSR count). The minimum Gasteiger partial charge on any atom is -0.309 e. The first-order valence-corrected chi connectivity index (χ1v) is 28.1. The van der Waals surface area contributed by atoms with Gasteiger partial charge in [0.2, 0.25) is 0 Å². The molecule has 360 valence electrons. The van der Waals surface area contributed by atoms with E-state index in [2.05, 4.69) is 234 Å². The molecule has 10 aromatic carbocycles. The molecule has 0 bridgehead atoms. The number of rotatable bonds is 8. The van der Waals surface area contributed by atoms with Gasteiger partial charge in [-0.1, -0.05) is 195 Å². The first-order valence-electron chi connectivity index (χ1n) is 28.1. The lowest BCUT2D eigenvalue weighted by Gasteiger charge is -2.92. The Morgan fingerprint density at radius 3 is 1.69 bits per heavy atom. The smallest absolute Gasteiger partial charge is 0.0547 e. The highest BCUT2D eigenvalue weighted by Crippen LogP contribution is 2.95. The molecule has 2 nitrogen and oxygen atoms in total. The zero-order valence-corrected chi connectivity index (χ0v) is 42.3. The van der Waals surface area contributed by atoms with Crippen LogP contribution < -0.4 is 4.90 Å². The van der Waals surface area contributed by atoms with Gasteiger partial charge in [0, 0.05) is 38.6 Å². The van der Waals surface area contributed by atoms with Crippen molar-refractivity contribution >= 4 is 49.6 Å². The fourth-order valence-corrected chi connectivity index (χ4v) is 17.7. The lowest BCUT2D eigenvalue weighted by atomic mass is 9.11. The lowest BCUT2D eigenvalue weighted by molar-refractivity contribution is -0.412. The maximum absolute atomic E-state index is 2.68. The van der Waals surface area contributed by atoms with Gasteiger partial charge in [0.1, 0.15) is 0 Å². The third kappa shape index (κ3) is 5.50. The van der Waals surface area contributed by atoms with Gasteiger partial charge < -0.3 is 9.47 Å². The van der Waals surface area contributed by atoms with Crippen molar-refractivity contribution in [1.82, 2.24) is 4.57 Å². The van der Waals surface area contributed by atoms with Crippen LogP contribution in [0.2, 0.25) is 0 Å². The zero-order valence-electron chi connectivity index (χ0n) is 42.3. The molecule has 2 spiro atoms. The van der Waals surface area contributed by atoms with Gasteiger partial charge in [-0.05, 0) is 171 Å². The molecule has 6 aliphatic rings. The molecule has 1 aromatic heterocycles. The van der Waals surface area contributed by atoms with E-state index in [9.17, 15) is 0 Å². The van der Waals surface area contributed by atoms with Crippen LogP contribution >= 0.6 is 0 Å².